The monoisotopic (exact) mass is 312 g/mol. The van der Waals surface area contributed by atoms with Gasteiger partial charge in [-0.05, 0) is 37.9 Å². The van der Waals surface area contributed by atoms with Crippen molar-refractivity contribution in [2.45, 2.75) is 19.4 Å². The first-order valence-corrected chi connectivity index (χ1v) is 8.90. The summed E-state index contributed by atoms with van der Waals surface area (Å²) in [5.74, 6) is 1.15. The van der Waals surface area contributed by atoms with Crippen molar-refractivity contribution in [3.05, 3.63) is 29.8 Å². The molecule has 1 fully saturated rings. The first kappa shape index (κ1) is 16.3. The summed E-state index contributed by atoms with van der Waals surface area (Å²) < 4.78 is 31.6. The molecule has 1 aliphatic heterocycles. The van der Waals surface area contributed by atoms with Crippen LogP contribution in [0.1, 0.15) is 18.4 Å². The second-order valence-corrected chi connectivity index (χ2v) is 7.68. The molecular weight excluding hydrogens is 288 g/mol. The van der Waals surface area contributed by atoms with E-state index in [4.69, 9.17) is 4.74 Å². The van der Waals surface area contributed by atoms with Gasteiger partial charge in [0.15, 0.2) is 0 Å². The molecule has 1 N–H and O–H groups in total. The van der Waals surface area contributed by atoms with E-state index in [9.17, 15) is 8.42 Å². The van der Waals surface area contributed by atoms with Gasteiger partial charge in [0.25, 0.3) is 0 Å². The van der Waals surface area contributed by atoms with Crippen molar-refractivity contribution in [3.63, 3.8) is 0 Å². The van der Waals surface area contributed by atoms with E-state index in [-0.39, 0.29) is 11.7 Å². The Kier molecular flexibility index (Phi) is 5.61. The topological polar surface area (TPSA) is 58.6 Å². The largest absolute Gasteiger partial charge is 0.496 e. The van der Waals surface area contributed by atoms with Crippen LogP contribution in [0, 0.1) is 5.92 Å². The number of hydrogen-bond donors (Lipinski definition) is 1. The lowest BCUT2D eigenvalue weighted by Crippen LogP contribution is -2.38. The van der Waals surface area contributed by atoms with Crippen LogP contribution in [0.4, 0.5) is 0 Å². The summed E-state index contributed by atoms with van der Waals surface area (Å²) in [6, 6.07) is 7.52. The fourth-order valence-corrected chi connectivity index (χ4v) is 4.13. The maximum atomic E-state index is 12.5. The Hall–Kier alpha value is -1.11. The number of sulfonamides is 1. The first-order valence-electron chi connectivity index (χ1n) is 7.29. The van der Waals surface area contributed by atoms with Gasteiger partial charge >= 0.3 is 0 Å². The molecule has 2 rings (SSSR count). The molecule has 1 aromatic carbocycles. The molecule has 0 spiro atoms. The molecule has 0 bridgehead atoms. The maximum absolute atomic E-state index is 12.5. The molecule has 21 heavy (non-hydrogen) atoms. The Balaban J connectivity index is 2.02. The zero-order chi connectivity index (χ0) is 15.3. The molecule has 0 aromatic heterocycles. The van der Waals surface area contributed by atoms with Gasteiger partial charge in [-0.15, -0.1) is 0 Å². The zero-order valence-electron chi connectivity index (χ0n) is 12.7. The minimum Gasteiger partial charge on any atom is -0.496 e. The summed E-state index contributed by atoms with van der Waals surface area (Å²) >= 11 is 0. The van der Waals surface area contributed by atoms with Crippen molar-refractivity contribution in [2.24, 2.45) is 5.92 Å². The fourth-order valence-electron chi connectivity index (χ4n) is 2.66. The summed E-state index contributed by atoms with van der Waals surface area (Å²) in [6.07, 6.45) is 2.03. The number of nitrogens with one attached hydrogen (secondary N) is 1. The second kappa shape index (κ2) is 7.24. The number of benzene rings is 1. The number of para-hydroxylation sites is 1. The number of hydrogen-bond acceptors (Lipinski definition) is 4. The zero-order valence-corrected chi connectivity index (χ0v) is 13.5. The highest BCUT2D eigenvalue weighted by Gasteiger charge is 2.25. The van der Waals surface area contributed by atoms with E-state index in [0.717, 1.165) is 37.2 Å². The van der Waals surface area contributed by atoms with Gasteiger partial charge in [0, 0.05) is 19.2 Å². The average molecular weight is 312 g/mol. The lowest BCUT2D eigenvalue weighted by atomic mass is 10.0. The number of ether oxygens (including phenoxy) is 1. The Bertz CT molecular complexity index is 554. The molecule has 0 radical (unpaired) electrons. The van der Waals surface area contributed by atoms with Crippen LogP contribution in [0.15, 0.2) is 24.3 Å². The molecule has 1 aliphatic rings. The minimum atomic E-state index is -3.25. The van der Waals surface area contributed by atoms with E-state index in [1.165, 1.54) is 4.31 Å². The van der Waals surface area contributed by atoms with Gasteiger partial charge in [0.2, 0.25) is 10.0 Å². The Morgan fingerprint density at radius 1 is 1.38 bits per heavy atom. The molecule has 1 saturated heterocycles. The normalized spacial score (nSPS) is 19.7. The third kappa shape index (κ3) is 4.43. The maximum Gasteiger partial charge on any atom is 0.214 e. The fraction of sp³-hybridized carbons (Fsp3) is 0.600. The van der Waals surface area contributed by atoms with Crippen molar-refractivity contribution < 1.29 is 13.2 Å². The molecule has 1 unspecified atom stereocenters. The molecule has 118 valence electrons. The van der Waals surface area contributed by atoms with Crippen LogP contribution >= 0.6 is 0 Å². The summed E-state index contributed by atoms with van der Waals surface area (Å²) in [7, 11) is -0.0101. The molecule has 0 amide bonds. The van der Waals surface area contributed by atoms with Crippen molar-refractivity contribution in [3.8, 4) is 5.75 Å². The number of nitrogens with zero attached hydrogens (tertiary/aromatic N) is 1. The number of rotatable bonds is 6. The van der Waals surface area contributed by atoms with Crippen molar-refractivity contribution >= 4 is 10.0 Å². The van der Waals surface area contributed by atoms with E-state index in [1.807, 2.05) is 24.3 Å². The van der Waals surface area contributed by atoms with Gasteiger partial charge in [0.05, 0.1) is 12.9 Å². The van der Waals surface area contributed by atoms with E-state index in [2.05, 4.69) is 5.32 Å². The lowest BCUT2D eigenvalue weighted by molar-refractivity contribution is 0.384. The van der Waals surface area contributed by atoms with Crippen LogP contribution < -0.4 is 10.1 Å². The molecule has 0 saturated carbocycles. The van der Waals surface area contributed by atoms with Gasteiger partial charge in [-0.2, -0.15) is 0 Å². The molecule has 1 atom stereocenters. The van der Waals surface area contributed by atoms with E-state index < -0.39 is 10.0 Å². The quantitative estimate of drug-likeness (QED) is 0.864. The SMILES string of the molecule is COc1ccccc1CN(C)S(=O)(=O)CC1CCCNC1. The Morgan fingerprint density at radius 2 is 2.14 bits per heavy atom. The second-order valence-electron chi connectivity index (χ2n) is 5.56. The molecule has 1 heterocycles. The van der Waals surface area contributed by atoms with Gasteiger partial charge in [-0.25, -0.2) is 12.7 Å². The van der Waals surface area contributed by atoms with Gasteiger partial charge in [-0.3, -0.25) is 0 Å². The number of methoxy groups -OCH3 is 1. The summed E-state index contributed by atoms with van der Waals surface area (Å²) in [5.41, 5.74) is 0.882. The molecule has 5 nitrogen and oxygen atoms in total. The van der Waals surface area contributed by atoms with E-state index in [0.29, 0.717) is 6.54 Å². The van der Waals surface area contributed by atoms with Crippen molar-refractivity contribution in [1.29, 1.82) is 0 Å². The third-order valence-corrected chi connectivity index (χ3v) is 5.88. The molecular formula is C15H24N2O3S. The highest BCUT2D eigenvalue weighted by Crippen LogP contribution is 2.21. The number of piperidine rings is 1. The molecule has 0 aliphatic carbocycles. The summed E-state index contributed by atoms with van der Waals surface area (Å²) in [6.45, 7) is 2.13. The van der Waals surface area contributed by atoms with Gasteiger partial charge in [-0.1, -0.05) is 18.2 Å². The molecule has 1 aromatic rings. The van der Waals surface area contributed by atoms with E-state index in [1.54, 1.807) is 14.2 Å². The van der Waals surface area contributed by atoms with Gasteiger partial charge in [0.1, 0.15) is 5.75 Å². The van der Waals surface area contributed by atoms with Crippen LogP contribution in [0.3, 0.4) is 0 Å². The Morgan fingerprint density at radius 3 is 2.81 bits per heavy atom. The van der Waals surface area contributed by atoms with Gasteiger partial charge < -0.3 is 10.1 Å². The minimum absolute atomic E-state index is 0.212. The smallest absolute Gasteiger partial charge is 0.214 e. The average Bonchev–Trinajstić information content (AvgIpc) is 2.48. The predicted molar refractivity (Wildman–Crippen MR) is 83.8 cm³/mol. The molecule has 6 heteroatoms. The third-order valence-electron chi connectivity index (χ3n) is 3.91. The summed E-state index contributed by atoms with van der Waals surface area (Å²) in [5, 5.41) is 3.26. The van der Waals surface area contributed by atoms with Crippen LogP contribution in [0.25, 0.3) is 0 Å². The lowest BCUT2D eigenvalue weighted by Gasteiger charge is -2.25. The highest BCUT2D eigenvalue weighted by molar-refractivity contribution is 7.89. The van der Waals surface area contributed by atoms with Crippen LogP contribution in [-0.2, 0) is 16.6 Å². The van der Waals surface area contributed by atoms with E-state index >= 15 is 0 Å². The Labute approximate surface area is 127 Å². The van der Waals surface area contributed by atoms with Crippen molar-refractivity contribution in [2.75, 3.05) is 33.0 Å². The van der Waals surface area contributed by atoms with Crippen molar-refractivity contribution in [1.82, 2.24) is 9.62 Å². The van der Waals surface area contributed by atoms with Crippen LogP contribution in [0.5, 0.6) is 5.75 Å². The summed E-state index contributed by atoms with van der Waals surface area (Å²) in [4.78, 5) is 0. The predicted octanol–water partition coefficient (Wildman–Crippen LogP) is 1.46. The van der Waals surface area contributed by atoms with Crippen LogP contribution in [0.2, 0.25) is 0 Å². The standard InChI is InChI=1S/C15H24N2O3S/c1-17(11-14-7-3-4-8-15(14)20-2)21(18,19)12-13-6-5-9-16-10-13/h3-4,7-8,13,16H,5-6,9-12H2,1-2H3. The van der Waals surface area contributed by atoms with Crippen LogP contribution in [-0.4, -0.2) is 45.7 Å². The highest BCUT2D eigenvalue weighted by atomic mass is 32.2. The first-order chi connectivity index (χ1) is 10.0.